The van der Waals surface area contributed by atoms with Gasteiger partial charge in [0.1, 0.15) is 11.5 Å². The van der Waals surface area contributed by atoms with Crippen molar-refractivity contribution in [3.8, 4) is 5.75 Å². The Morgan fingerprint density at radius 3 is 2.06 bits per heavy atom. The molecule has 2 rings (SSSR count). The highest BCUT2D eigenvalue weighted by Gasteiger charge is 2.38. The van der Waals surface area contributed by atoms with Crippen LogP contribution in [0.4, 0.5) is 0 Å². The van der Waals surface area contributed by atoms with Gasteiger partial charge in [-0.05, 0) is 80.1 Å². The molecule has 0 unspecified atom stereocenters. The molecule has 5 heteroatoms. The van der Waals surface area contributed by atoms with Crippen molar-refractivity contribution in [2.24, 2.45) is 0 Å². The van der Waals surface area contributed by atoms with Crippen LogP contribution in [0.1, 0.15) is 107 Å². The first-order valence-corrected chi connectivity index (χ1v) is 13.9. The number of carbonyl (C=O) groups is 2. The lowest BCUT2D eigenvalue weighted by molar-refractivity contribution is -0.125. The minimum Gasteiger partial charge on any atom is -0.494 e. The van der Waals surface area contributed by atoms with Gasteiger partial charge >= 0.3 is 0 Å². The van der Waals surface area contributed by atoms with Gasteiger partial charge in [0.25, 0.3) is 5.91 Å². The van der Waals surface area contributed by atoms with E-state index in [9.17, 15) is 9.59 Å². The zero-order chi connectivity index (χ0) is 27.0. The minimum absolute atomic E-state index is 0.0717. The summed E-state index contributed by atoms with van der Waals surface area (Å²) in [5, 5.41) is 3.31. The topological polar surface area (TPSA) is 55.4 Å². The number of aryl methyl sites for hydroxylation is 1. The number of rotatable bonds is 14. The van der Waals surface area contributed by atoms with Gasteiger partial charge in [0.05, 0.1) is 12.0 Å². The second-order valence-corrected chi connectivity index (χ2v) is 9.81. The maximum absolute atomic E-state index is 12.9. The number of unbranched alkanes of at least 4 members (excludes halogenated alkanes) is 2. The van der Waals surface area contributed by atoms with Crippen LogP contribution in [0.5, 0.6) is 5.75 Å². The lowest BCUT2D eigenvalue weighted by Gasteiger charge is -2.34. The number of hydrogen-bond donors (Lipinski definition) is 1. The van der Waals surface area contributed by atoms with Gasteiger partial charge in [-0.2, -0.15) is 0 Å². The SMILES string of the molecule is CCCC(=O)C(CCC)(CCC)c1cc(Cl)ccc1C.CCCCCOc1ccc(C(=O)NC)cc1. The standard InChI is InChI=1S/C18H27ClO.C13H19NO2/c1-5-8-17(20)18(11-6-2,12-7-3)16-13-15(19)10-9-14(16)4;1-3-4-5-10-16-12-8-6-11(7-9-12)13(15)14-2/h9-10,13H,5-8,11-12H2,1-4H3;6-9H,3-5,10H2,1-2H3,(H,14,15). The average Bonchev–Trinajstić information content (AvgIpc) is 2.88. The minimum atomic E-state index is -0.339. The van der Waals surface area contributed by atoms with Gasteiger partial charge in [0.2, 0.25) is 0 Å². The number of amides is 1. The lowest BCUT2D eigenvalue weighted by Crippen LogP contribution is -2.36. The van der Waals surface area contributed by atoms with Gasteiger partial charge in [-0.25, -0.2) is 0 Å². The van der Waals surface area contributed by atoms with Crippen LogP contribution >= 0.6 is 11.6 Å². The number of halogens is 1. The molecule has 0 aliphatic carbocycles. The van der Waals surface area contributed by atoms with Gasteiger partial charge in [0.15, 0.2) is 0 Å². The summed E-state index contributed by atoms with van der Waals surface area (Å²) in [7, 11) is 1.62. The Hall–Kier alpha value is -2.33. The molecule has 36 heavy (non-hydrogen) atoms. The summed E-state index contributed by atoms with van der Waals surface area (Å²) in [6, 6.07) is 13.2. The van der Waals surface area contributed by atoms with Crippen LogP contribution in [0, 0.1) is 6.92 Å². The van der Waals surface area contributed by atoms with E-state index >= 15 is 0 Å². The number of carbonyl (C=O) groups excluding carboxylic acids is 2. The highest BCUT2D eigenvalue weighted by atomic mass is 35.5. The summed E-state index contributed by atoms with van der Waals surface area (Å²) in [6.07, 6.45) is 8.90. The van der Waals surface area contributed by atoms with Crippen molar-refractivity contribution in [2.75, 3.05) is 13.7 Å². The first-order valence-electron chi connectivity index (χ1n) is 13.5. The van der Waals surface area contributed by atoms with E-state index in [1.165, 1.54) is 18.4 Å². The highest BCUT2D eigenvalue weighted by molar-refractivity contribution is 6.30. The summed E-state index contributed by atoms with van der Waals surface area (Å²) >= 11 is 6.19. The zero-order valence-corrected chi connectivity index (χ0v) is 24.0. The van der Waals surface area contributed by atoms with Crippen LogP contribution < -0.4 is 10.1 Å². The molecule has 2 aromatic carbocycles. The first kappa shape index (κ1) is 31.7. The van der Waals surface area contributed by atoms with E-state index < -0.39 is 0 Å². The quantitative estimate of drug-likeness (QED) is 0.257. The average molecular weight is 516 g/mol. The number of hydrogen-bond acceptors (Lipinski definition) is 3. The maximum atomic E-state index is 12.9. The molecule has 0 bridgehead atoms. The molecule has 1 N–H and O–H groups in total. The molecule has 0 atom stereocenters. The van der Waals surface area contributed by atoms with Crippen molar-refractivity contribution in [1.29, 1.82) is 0 Å². The second kappa shape index (κ2) is 17.2. The largest absolute Gasteiger partial charge is 0.494 e. The Morgan fingerprint density at radius 1 is 0.889 bits per heavy atom. The molecule has 4 nitrogen and oxygen atoms in total. The fourth-order valence-electron chi connectivity index (χ4n) is 4.64. The van der Waals surface area contributed by atoms with E-state index in [0.29, 0.717) is 17.8 Å². The Morgan fingerprint density at radius 2 is 1.53 bits per heavy atom. The lowest BCUT2D eigenvalue weighted by atomic mass is 9.68. The smallest absolute Gasteiger partial charge is 0.251 e. The molecule has 0 fully saturated rings. The second-order valence-electron chi connectivity index (χ2n) is 9.37. The molecule has 0 radical (unpaired) electrons. The molecule has 0 saturated heterocycles. The van der Waals surface area contributed by atoms with E-state index in [2.05, 4.69) is 39.9 Å². The normalized spacial score (nSPS) is 10.9. The fraction of sp³-hybridized carbons (Fsp3) is 0.548. The molecule has 1 amide bonds. The number of ether oxygens (including phenoxy) is 1. The third kappa shape index (κ3) is 9.61. The predicted octanol–water partition coefficient (Wildman–Crippen LogP) is 8.47. The number of nitrogens with one attached hydrogen (secondary N) is 1. The summed E-state index contributed by atoms with van der Waals surface area (Å²) in [5.41, 5.74) is 2.64. The molecule has 2 aromatic rings. The zero-order valence-electron chi connectivity index (χ0n) is 23.2. The van der Waals surface area contributed by atoms with Crippen LogP contribution in [-0.2, 0) is 10.2 Å². The highest BCUT2D eigenvalue weighted by Crippen LogP contribution is 2.39. The van der Waals surface area contributed by atoms with E-state index in [0.717, 1.165) is 61.5 Å². The molecular formula is C31H46ClNO3. The molecule has 0 heterocycles. The van der Waals surface area contributed by atoms with Crippen LogP contribution in [-0.4, -0.2) is 25.3 Å². The summed E-state index contributed by atoms with van der Waals surface area (Å²) in [6.45, 7) is 11.4. The van der Waals surface area contributed by atoms with Crippen molar-refractivity contribution in [3.05, 3.63) is 64.2 Å². The van der Waals surface area contributed by atoms with Crippen molar-refractivity contribution >= 4 is 23.3 Å². The monoisotopic (exact) mass is 515 g/mol. The van der Waals surface area contributed by atoms with E-state index in [1.807, 2.05) is 30.3 Å². The van der Waals surface area contributed by atoms with Crippen molar-refractivity contribution in [3.63, 3.8) is 0 Å². The van der Waals surface area contributed by atoms with Crippen LogP contribution in [0.25, 0.3) is 0 Å². The number of benzene rings is 2. The first-order chi connectivity index (χ1) is 17.3. The van der Waals surface area contributed by atoms with Crippen molar-refractivity contribution < 1.29 is 14.3 Å². The summed E-state index contributed by atoms with van der Waals surface area (Å²) in [4.78, 5) is 24.1. The van der Waals surface area contributed by atoms with Crippen LogP contribution in [0.2, 0.25) is 5.02 Å². The fourth-order valence-corrected chi connectivity index (χ4v) is 4.81. The van der Waals surface area contributed by atoms with Crippen LogP contribution in [0.3, 0.4) is 0 Å². The third-order valence-corrected chi connectivity index (χ3v) is 6.67. The molecular weight excluding hydrogens is 470 g/mol. The summed E-state index contributed by atoms with van der Waals surface area (Å²) in [5.74, 6) is 1.13. The molecule has 0 saturated carbocycles. The predicted molar refractivity (Wildman–Crippen MR) is 152 cm³/mol. The van der Waals surface area contributed by atoms with Gasteiger partial charge in [-0.3, -0.25) is 9.59 Å². The van der Waals surface area contributed by atoms with E-state index in [-0.39, 0.29) is 11.3 Å². The number of Topliss-reactive ketones (excluding diaryl/α,β-unsaturated/α-hetero) is 1. The Kier molecular flexibility index (Phi) is 15.1. The third-order valence-electron chi connectivity index (χ3n) is 6.44. The molecule has 0 spiro atoms. The Balaban J connectivity index is 0.000000369. The Labute approximate surface area is 224 Å². The maximum Gasteiger partial charge on any atom is 0.251 e. The van der Waals surface area contributed by atoms with Gasteiger partial charge in [-0.15, -0.1) is 0 Å². The van der Waals surface area contributed by atoms with Crippen molar-refractivity contribution in [1.82, 2.24) is 5.32 Å². The molecule has 0 aliphatic rings. The number of ketones is 1. The van der Waals surface area contributed by atoms with Gasteiger partial charge in [0, 0.05) is 24.1 Å². The van der Waals surface area contributed by atoms with Crippen molar-refractivity contribution in [2.45, 2.75) is 97.8 Å². The Bertz CT molecular complexity index is 918. The summed E-state index contributed by atoms with van der Waals surface area (Å²) < 4.78 is 5.54. The molecule has 0 aromatic heterocycles. The van der Waals surface area contributed by atoms with Crippen LogP contribution in [0.15, 0.2) is 42.5 Å². The van der Waals surface area contributed by atoms with E-state index in [1.54, 1.807) is 19.2 Å². The van der Waals surface area contributed by atoms with Gasteiger partial charge < -0.3 is 10.1 Å². The van der Waals surface area contributed by atoms with E-state index in [4.69, 9.17) is 16.3 Å². The molecule has 0 aliphatic heterocycles. The molecule has 200 valence electrons. The van der Waals surface area contributed by atoms with Gasteiger partial charge in [-0.1, -0.05) is 71.0 Å².